The number of carbonyl (C=O) groups excluding carboxylic acids is 3. The van der Waals surface area contributed by atoms with Gasteiger partial charge in [-0.15, -0.1) is 0 Å². The third-order valence-corrected chi connectivity index (χ3v) is 4.63. The van der Waals surface area contributed by atoms with Crippen LogP contribution in [0.3, 0.4) is 0 Å². The van der Waals surface area contributed by atoms with Crippen molar-refractivity contribution in [2.24, 2.45) is 38.7 Å². The van der Waals surface area contributed by atoms with Crippen molar-refractivity contribution in [3.63, 3.8) is 0 Å². The molecule has 204 valence electrons. The summed E-state index contributed by atoms with van der Waals surface area (Å²) in [5, 5.41) is 24.8. The number of aliphatic imine (C=N–C) groups is 2. The highest BCUT2D eigenvalue weighted by atomic mass is 16.4. The Morgan fingerprint density at radius 3 is 1.72 bits per heavy atom. The molecule has 0 radical (unpaired) electrons. The normalized spacial score (nSPS) is 13.7. The highest BCUT2D eigenvalue weighted by Crippen LogP contribution is 2.03. The maximum absolute atomic E-state index is 12.8. The van der Waals surface area contributed by atoms with Crippen LogP contribution in [0.1, 0.15) is 39.0 Å². The second kappa shape index (κ2) is 16.5. The fraction of sp³-hybridized carbons (Fsp3) is 0.632. The molecule has 0 aromatic rings. The van der Waals surface area contributed by atoms with E-state index in [0.717, 1.165) is 0 Å². The van der Waals surface area contributed by atoms with Gasteiger partial charge >= 0.3 is 11.9 Å². The Bertz CT molecular complexity index is 840. The summed E-state index contributed by atoms with van der Waals surface area (Å²) >= 11 is 0. The van der Waals surface area contributed by atoms with Gasteiger partial charge in [0.2, 0.25) is 17.7 Å². The molecule has 0 heterocycles. The summed E-state index contributed by atoms with van der Waals surface area (Å²) in [6, 6.07) is -5.04. The molecule has 0 saturated carbocycles. The fourth-order valence-corrected chi connectivity index (χ4v) is 2.75. The van der Waals surface area contributed by atoms with Crippen LogP contribution in [0, 0.1) is 0 Å². The molecule has 0 aliphatic rings. The third kappa shape index (κ3) is 14.2. The van der Waals surface area contributed by atoms with E-state index in [1.165, 1.54) is 6.92 Å². The second-order valence-electron chi connectivity index (χ2n) is 7.79. The summed E-state index contributed by atoms with van der Waals surface area (Å²) in [6.45, 7) is 1.69. The number of nitrogens with zero attached hydrogens (tertiary/aromatic N) is 2. The number of carboxylic acids is 2. The van der Waals surface area contributed by atoms with E-state index in [-0.39, 0.29) is 44.3 Å². The standard InChI is InChI=1S/C19H36N10O7/c1-9(14(32)29-12(17(35)36)8-13(30)31)27-16(34)11(5-3-7-26-19(23)24)28-15(33)10(20)4-2-6-25-18(21)22/h9-12H,2-8,20H2,1H3,(H,27,34)(H,28,33)(H,29,32)(H,30,31)(H,35,36)(H4,21,22,25)(H4,23,24,26). The minimum absolute atomic E-state index is 0.0835. The number of nitrogens with one attached hydrogen (secondary N) is 3. The highest BCUT2D eigenvalue weighted by Gasteiger charge is 2.29. The second-order valence-corrected chi connectivity index (χ2v) is 7.79. The number of carboxylic acid groups (broad SMARTS) is 2. The van der Waals surface area contributed by atoms with Crippen LogP contribution in [-0.2, 0) is 24.0 Å². The number of carbonyl (C=O) groups is 5. The van der Waals surface area contributed by atoms with Gasteiger partial charge in [0, 0.05) is 13.1 Å². The monoisotopic (exact) mass is 516 g/mol. The summed E-state index contributed by atoms with van der Waals surface area (Å²) in [7, 11) is 0. The molecule has 0 spiro atoms. The van der Waals surface area contributed by atoms with Crippen molar-refractivity contribution in [2.45, 2.75) is 63.2 Å². The van der Waals surface area contributed by atoms with Gasteiger partial charge in [-0.05, 0) is 32.6 Å². The fourth-order valence-electron chi connectivity index (χ4n) is 2.75. The first kappa shape index (κ1) is 31.9. The van der Waals surface area contributed by atoms with Gasteiger partial charge in [0.1, 0.15) is 18.1 Å². The first-order chi connectivity index (χ1) is 16.7. The number of amides is 3. The minimum atomic E-state index is -1.69. The molecule has 0 rings (SSSR count). The Hall–Kier alpha value is -4.15. The van der Waals surface area contributed by atoms with Crippen molar-refractivity contribution < 1.29 is 34.2 Å². The van der Waals surface area contributed by atoms with Gasteiger partial charge in [0.05, 0.1) is 12.5 Å². The van der Waals surface area contributed by atoms with Crippen molar-refractivity contribution in [3.05, 3.63) is 0 Å². The average molecular weight is 517 g/mol. The van der Waals surface area contributed by atoms with Crippen LogP contribution >= 0.6 is 0 Å². The van der Waals surface area contributed by atoms with Crippen LogP contribution in [0.5, 0.6) is 0 Å². The van der Waals surface area contributed by atoms with Crippen molar-refractivity contribution >= 4 is 41.6 Å². The quantitative estimate of drug-likeness (QED) is 0.0496. The molecular weight excluding hydrogens is 480 g/mol. The van der Waals surface area contributed by atoms with E-state index >= 15 is 0 Å². The number of guanidine groups is 2. The Labute approximate surface area is 207 Å². The molecule has 4 atom stereocenters. The van der Waals surface area contributed by atoms with E-state index in [2.05, 4.69) is 20.6 Å². The highest BCUT2D eigenvalue weighted by molar-refractivity contribution is 5.94. The van der Waals surface area contributed by atoms with Crippen LogP contribution in [0.15, 0.2) is 9.98 Å². The van der Waals surface area contributed by atoms with E-state index in [4.69, 9.17) is 38.9 Å². The van der Waals surface area contributed by atoms with E-state index in [1.54, 1.807) is 0 Å². The molecule has 0 aromatic heterocycles. The molecule has 17 nitrogen and oxygen atoms in total. The summed E-state index contributed by atoms with van der Waals surface area (Å²) in [5.74, 6) is -5.55. The number of hydrogen-bond donors (Lipinski definition) is 10. The molecular formula is C19H36N10O7. The molecule has 0 aromatic carbocycles. The first-order valence-corrected chi connectivity index (χ1v) is 11.0. The van der Waals surface area contributed by atoms with Crippen molar-refractivity contribution in [3.8, 4) is 0 Å². The van der Waals surface area contributed by atoms with Gasteiger partial charge in [-0.1, -0.05) is 0 Å². The first-order valence-electron chi connectivity index (χ1n) is 11.0. The summed E-state index contributed by atoms with van der Waals surface area (Å²) in [5.41, 5.74) is 26.9. The van der Waals surface area contributed by atoms with E-state index in [0.29, 0.717) is 6.42 Å². The molecule has 0 aliphatic heterocycles. The van der Waals surface area contributed by atoms with Gasteiger partial charge in [0.15, 0.2) is 11.9 Å². The Morgan fingerprint density at radius 2 is 1.25 bits per heavy atom. The molecule has 0 aliphatic carbocycles. The molecule has 4 unspecified atom stereocenters. The lowest BCUT2D eigenvalue weighted by molar-refractivity contribution is -0.147. The van der Waals surface area contributed by atoms with Crippen LogP contribution in [0.2, 0.25) is 0 Å². The van der Waals surface area contributed by atoms with Gasteiger partial charge in [-0.3, -0.25) is 29.2 Å². The van der Waals surface area contributed by atoms with Crippen molar-refractivity contribution in [1.29, 1.82) is 0 Å². The predicted octanol–water partition coefficient (Wildman–Crippen LogP) is -4.55. The zero-order chi connectivity index (χ0) is 27.8. The predicted molar refractivity (Wildman–Crippen MR) is 129 cm³/mol. The Balaban J connectivity index is 5.19. The number of aliphatic carboxylic acids is 2. The SMILES string of the molecule is CC(NC(=O)C(CCCN=C(N)N)NC(=O)C(N)CCCN=C(N)N)C(=O)NC(CC(=O)O)C(=O)O. The lowest BCUT2D eigenvalue weighted by Gasteiger charge is -2.23. The average Bonchev–Trinajstić information content (AvgIpc) is 2.76. The number of nitrogens with two attached hydrogens (primary N) is 5. The van der Waals surface area contributed by atoms with E-state index in [1.807, 2.05) is 5.32 Å². The van der Waals surface area contributed by atoms with E-state index < -0.39 is 60.2 Å². The maximum Gasteiger partial charge on any atom is 0.326 e. The van der Waals surface area contributed by atoms with Crippen LogP contribution < -0.4 is 44.6 Å². The Morgan fingerprint density at radius 1 is 0.750 bits per heavy atom. The minimum Gasteiger partial charge on any atom is -0.481 e. The zero-order valence-electron chi connectivity index (χ0n) is 20.0. The van der Waals surface area contributed by atoms with Gasteiger partial charge in [-0.2, -0.15) is 0 Å². The zero-order valence-corrected chi connectivity index (χ0v) is 20.0. The molecule has 0 fully saturated rings. The van der Waals surface area contributed by atoms with Gasteiger partial charge < -0.3 is 54.8 Å². The van der Waals surface area contributed by atoms with Gasteiger partial charge in [0.25, 0.3) is 0 Å². The van der Waals surface area contributed by atoms with Crippen LogP contribution in [-0.4, -0.2) is 89.0 Å². The molecule has 3 amide bonds. The smallest absolute Gasteiger partial charge is 0.326 e. The van der Waals surface area contributed by atoms with Crippen LogP contribution in [0.25, 0.3) is 0 Å². The van der Waals surface area contributed by atoms with Crippen molar-refractivity contribution in [1.82, 2.24) is 16.0 Å². The van der Waals surface area contributed by atoms with Crippen molar-refractivity contribution in [2.75, 3.05) is 13.1 Å². The number of rotatable bonds is 17. The molecule has 15 N–H and O–H groups in total. The topological polar surface area (TPSA) is 317 Å². The maximum atomic E-state index is 12.8. The lowest BCUT2D eigenvalue weighted by atomic mass is 10.1. The Kier molecular flexibility index (Phi) is 14.6. The summed E-state index contributed by atoms with van der Waals surface area (Å²) in [4.78, 5) is 67.1. The molecule has 0 bridgehead atoms. The van der Waals surface area contributed by atoms with Crippen LogP contribution in [0.4, 0.5) is 0 Å². The lowest BCUT2D eigenvalue weighted by Crippen LogP contribution is -2.56. The largest absolute Gasteiger partial charge is 0.481 e. The summed E-state index contributed by atoms with van der Waals surface area (Å²) in [6.07, 6.45) is 0.152. The third-order valence-electron chi connectivity index (χ3n) is 4.63. The molecule has 0 saturated heterocycles. The molecule has 36 heavy (non-hydrogen) atoms. The number of hydrogen-bond acceptors (Lipinski definition) is 8. The molecule has 17 heteroatoms. The van der Waals surface area contributed by atoms with E-state index in [9.17, 15) is 24.0 Å². The summed E-state index contributed by atoms with van der Waals surface area (Å²) < 4.78 is 0. The van der Waals surface area contributed by atoms with Gasteiger partial charge in [-0.25, -0.2) is 4.79 Å².